The highest BCUT2D eigenvalue weighted by Crippen LogP contribution is 2.32. The maximum atomic E-state index is 12.2. The number of hydrogen-bond acceptors (Lipinski definition) is 5. The van der Waals surface area contributed by atoms with E-state index < -0.39 is 0 Å². The summed E-state index contributed by atoms with van der Waals surface area (Å²) in [6.45, 7) is 6.08. The number of nitrogens with one attached hydrogen (secondary N) is 2. The van der Waals surface area contributed by atoms with Gasteiger partial charge in [-0.25, -0.2) is 0 Å². The van der Waals surface area contributed by atoms with Gasteiger partial charge < -0.3 is 20.1 Å². The Morgan fingerprint density at radius 2 is 2.08 bits per heavy atom. The van der Waals surface area contributed by atoms with Crippen molar-refractivity contribution in [3.63, 3.8) is 0 Å². The average molecular weight is 344 g/mol. The molecule has 0 saturated carbocycles. The minimum absolute atomic E-state index is 0.0466. The second-order valence-electron chi connectivity index (χ2n) is 6.20. The summed E-state index contributed by atoms with van der Waals surface area (Å²) in [5, 5.41) is 10.4. The van der Waals surface area contributed by atoms with Gasteiger partial charge in [0.05, 0.1) is 19.1 Å². The highest BCUT2D eigenvalue weighted by molar-refractivity contribution is 5.78. The predicted octanol–water partition coefficient (Wildman–Crippen LogP) is 1.51. The monoisotopic (exact) mass is 344 g/mol. The highest BCUT2D eigenvalue weighted by atomic mass is 16.6. The first-order chi connectivity index (χ1) is 12.1. The van der Waals surface area contributed by atoms with Gasteiger partial charge >= 0.3 is 0 Å². The molecule has 7 nitrogen and oxygen atoms in total. The number of ether oxygens (including phenoxy) is 2. The molecular formula is C18H24N4O3. The molecule has 2 atom stereocenters. The third-order valence-electron chi connectivity index (χ3n) is 4.07. The fourth-order valence-corrected chi connectivity index (χ4v) is 2.73. The molecule has 0 spiro atoms. The van der Waals surface area contributed by atoms with E-state index >= 15 is 0 Å². The minimum Gasteiger partial charge on any atom is -0.486 e. The standard InChI is InChI=1S/C18H24N4O3/c1-13(12-22-7-3-6-20-22)19-11-18(23)21-14(2)15-4-5-16-17(10-15)25-9-8-24-16/h3-7,10,13-14,19H,8-9,11-12H2,1-2H3,(H,21,23)/t13-,14+/m0/s1. The van der Waals surface area contributed by atoms with Gasteiger partial charge in [0.25, 0.3) is 0 Å². The van der Waals surface area contributed by atoms with Gasteiger partial charge in [-0.15, -0.1) is 0 Å². The van der Waals surface area contributed by atoms with Gasteiger partial charge in [0.15, 0.2) is 11.5 Å². The first-order valence-electron chi connectivity index (χ1n) is 8.51. The summed E-state index contributed by atoms with van der Waals surface area (Å²) >= 11 is 0. The Kier molecular flexibility index (Phi) is 5.55. The molecule has 2 aromatic rings. The van der Waals surface area contributed by atoms with Gasteiger partial charge in [0.1, 0.15) is 13.2 Å². The Balaban J connectivity index is 1.47. The van der Waals surface area contributed by atoms with Crippen LogP contribution in [0.1, 0.15) is 25.5 Å². The van der Waals surface area contributed by atoms with Crippen LogP contribution in [0.15, 0.2) is 36.7 Å². The van der Waals surface area contributed by atoms with Crippen LogP contribution in [0.25, 0.3) is 0 Å². The molecule has 7 heteroatoms. The molecule has 3 rings (SSSR count). The fraction of sp³-hybridized carbons (Fsp3) is 0.444. The summed E-state index contributed by atoms with van der Waals surface area (Å²) in [4.78, 5) is 12.2. The molecule has 1 aliphatic heterocycles. The Morgan fingerprint density at radius 1 is 1.28 bits per heavy atom. The van der Waals surface area contributed by atoms with Crippen molar-refractivity contribution in [1.29, 1.82) is 0 Å². The Hall–Kier alpha value is -2.54. The number of carbonyl (C=O) groups excluding carboxylic acids is 1. The van der Waals surface area contributed by atoms with Gasteiger partial charge in [-0.1, -0.05) is 6.07 Å². The largest absolute Gasteiger partial charge is 0.486 e. The maximum absolute atomic E-state index is 12.2. The van der Waals surface area contributed by atoms with Crippen LogP contribution in [0, 0.1) is 0 Å². The third-order valence-corrected chi connectivity index (χ3v) is 4.07. The first-order valence-corrected chi connectivity index (χ1v) is 8.51. The molecule has 1 amide bonds. The lowest BCUT2D eigenvalue weighted by Gasteiger charge is -2.21. The second kappa shape index (κ2) is 8.02. The van der Waals surface area contributed by atoms with E-state index in [1.165, 1.54) is 0 Å². The normalized spacial score (nSPS) is 15.4. The molecule has 0 fully saturated rings. The van der Waals surface area contributed by atoms with E-state index in [0.717, 1.165) is 23.6 Å². The van der Waals surface area contributed by atoms with Crippen molar-refractivity contribution in [2.75, 3.05) is 19.8 Å². The Bertz CT molecular complexity index is 702. The van der Waals surface area contributed by atoms with Crippen LogP contribution in [-0.2, 0) is 11.3 Å². The predicted molar refractivity (Wildman–Crippen MR) is 93.7 cm³/mol. The Morgan fingerprint density at radius 3 is 2.84 bits per heavy atom. The summed E-state index contributed by atoms with van der Waals surface area (Å²) < 4.78 is 12.9. The summed E-state index contributed by atoms with van der Waals surface area (Å²) in [6, 6.07) is 7.69. The van der Waals surface area contributed by atoms with Crippen molar-refractivity contribution in [2.45, 2.75) is 32.5 Å². The van der Waals surface area contributed by atoms with Crippen molar-refractivity contribution < 1.29 is 14.3 Å². The zero-order chi connectivity index (χ0) is 17.6. The number of amides is 1. The lowest BCUT2D eigenvalue weighted by Crippen LogP contribution is -2.40. The number of aromatic nitrogens is 2. The number of nitrogens with zero attached hydrogens (tertiary/aromatic N) is 2. The average Bonchev–Trinajstić information content (AvgIpc) is 3.12. The van der Waals surface area contributed by atoms with Crippen molar-refractivity contribution in [2.24, 2.45) is 0 Å². The molecule has 134 valence electrons. The quantitative estimate of drug-likeness (QED) is 0.796. The molecule has 2 heterocycles. The molecule has 0 bridgehead atoms. The summed E-state index contributed by atoms with van der Waals surface area (Å²) in [5.74, 6) is 1.44. The highest BCUT2D eigenvalue weighted by Gasteiger charge is 2.16. The van der Waals surface area contributed by atoms with Crippen LogP contribution in [-0.4, -0.2) is 41.5 Å². The molecule has 1 aromatic heterocycles. The van der Waals surface area contributed by atoms with Gasteiger partial charge in [-0.2, -0.15) is 5.10 Å². The Labute approximate surface area is 147 Å². The van der Waals surface area contributed by atoms with Crippen molar-refractivity contribution in [1.82, 2.24) is 20.4 Å². The van der Waals surface area contributed by atoms with E-state index in [1.807, 2.05) is 49.0 Å². The van der Waals surface area contributed by atoms with E-state index in [1.54, 1.807) is 6.20 Å². The van der Waals surface area contributed by atoms with E-state index in [4.69, 9.17) is 9.47 Å². The maximum Gasteiger partial charge on any atom is 0.234 e. The van der Waals surface area contributed by atoms with Gasteiger partial charge in [0, 0.05) is 18.4 Å². The molecule has 0 saturated heterocycles. The third kappa shape index (κ3) is 4.73. The lowest BCUT2D eigenvalue weighted by atomic mass is 10.1. The lowest BCUT2D eigenvalue weighted by molar-refractivity contribution is -0.121. The topological polar surface area (TPSA) is 77.4 Å². The number of rotatable bonds is 7. The molecule has 0 radical (unpaired) electrons. The van der Waals surface area contributed by atoms with Gasteiger partial charge in [-0.3, -0.25) is 9.48 Å². The molecule has 1 aromatic carbocycles. The summed E-state index contributed by atoms with van der Waals surface area (Å²) in [6.07, 6.45) is 3.65. The molecule has 0 aliphatic carbocycles. The smallest absolute Gasteiger partial charge is 0.234 e. The van der Waals surface area contributed by atoms with Gasteiger partial charge in [-0.05, 0) is 37.6 Å². The number of benzene rings is 1. The second-order valence-corrected chi connectivity index (χ2v) is 6.20. The molecule has 25 heavy (non-hydrogen) atoms. The van der Waals surface area contributed by atoms with Crippen molar-refractivity contribution in [3.05, 3.63) is 42.2 Å². The van der Waals surface area contributed by atoms with Crippen molar-refractivity contribution >= 4 is 5.91 Å². The van der Waals surface area contributed by atoms with Crippen LogP contribution in [0.2, 0.25) is 0 Å². The van der Waals surface area contributed by atoms with E-state index in [2.05, 4.69) is 15.7 Å². The summed E-state index contributed by atoms with van der Waals surface area (Å²) in [5.41, 5.74) is 0.988. The van der Waals surface area contributed by atoms with Crippen molar-refractivity contribution in [3.8, 4) is 11.5 Å². The molecule has 2 N–H and O–H groups in total. The fourth-order valence-electron chi connectivity index (χ4n) is 2.73. The van der Waals surface area contributed by atoms with Crippen LogP contribution in [0.4, 0.5) is 0 Å². The zero-order valence-electron chi connectivity index (χ0n) is 14.6. The molecular weight excluding hydrogens is 320 g/mol. The van der Waals surface area contributed by atoms with Crippen LogP contribution in [0.5, 0.6) is 11.5 Å². The van der Waals surface area contributed by atoms with Crippen LogP contribution < -0.4 is 20.1 Å². The summed E-state index contributed by atoms with van der Waals surface area (Å²) in [7, 11) is 0. The van der Waals surface area contributed by atoms with Gasteiger partial charge in [0.2, 0.25) is 5.91 Å². The number of fused-ring (bicyclic) bond motifs is 1. The van der Waals surface area contributed by atoms with Crippen LogP contribution >= 0.6 is 0 Å². The minimum atomic E-state index is -0.105. The number of hydrogen-bond donors (Lipinski definition) is 2. The van der Waals surface area contributed by atoms with Crippen LogP contribution in [0.3, 0.4) is 0 Å². The SMILES string of the molecule is C[C@@H](Cn1cccn1)NCC(=O)N[C@H](C)c1ccc2c(c1)OCCO2. The molecule has 1 aliphatic rings. The van der Waals surface area contributed by atoms with E-state index in [9.17, 15) is 4.79 Å². The van der Waals surface area contributed by atoms with E-state index in [0.29, 0.717) is 13.2 Å². The molecule has 0 unspecified atom stereocenters. The van der Waals surface area contributed by atoms with E-state index in [-0.39, 0.29) is 24.5 Å². The number of carbonyl (C=O) groups is 1. The zero-order valence-corrected chi connectivity index (χ0v) is 14.6. The first kappa shape index (κ1) is 17.3.